The summed E-state index contributed by atoms with van der Waals surface area (Å²) in [5.74, 6) is -18.5. The number of benzene rings is 1. The number of unbranched alkanes of at least 4 members (excludes halogenated alkanes) is 10. The van der Waals surface area contributed by atoms with Crippen molar-refractivity contribution in [2.24, 2.45) is 23.1 Å². The van der Waals surface area contributed by atoms with Crippen LogP contribution >= 0.6 is 0 Å². The van der Waals surface area contributed by atoms with Crippen LogP contribution in [0.3, 0.4) is 0 Å². The second-order valence-electron chi connectivity index (χ2n) is 29.9. The number of hydrogen-bond donors (Lipinski definition) is 22. The fourth-order valence-electron chi connectivity index (χ4n) is 13.3. The van der Waals surface area contributed by atoms with Crippen LogP contribution in [0, 0.1) is 5.92 Å². The normalized spacial score (nSPS) is 27.2. The number of ether oxygens (including phenoxy) is 1. The Kier molecular flexibility index (Phi) is 41.0. The van der Waals surface area contributed by atoms with Gasteiger partial charge in [-0.15, -0.1) is 0 Å². The minimum atomic E-state index is -2.23. The maximum atomic E-state index is 14.9. The second kappa shape index (κ2) is 48.2. The topological polar surface area (TPSA) is 644 Å². The first-order chi connectivity index (χ1) is 53.7. The molecule has 642 valence electrons. The lowest BCUT2D eigenvalue weighted by atomic mass is 9.99. The number of fused-ring (bicyclic) bond motifs is 2. The maximum absolute atomic E-state index is 14.9. The number of phenols is 1. The summed E-state index contributed by atoms with van der Waals surface area (Å²) in [4.78, 5) is 213. The van der Waals surface area contributed by atoms with Gasteiger partial charge in [0, 0.05) is 38.9 Å². The average molecular weight is 1620 g/mol. The molecule has 40 nitrogen and oxygen atoms in total. The van der Waals surface area contributed by atoms with E-state index in [4.69, 9.17) is 21.9 Å². The number of anilines is 1. The molecule has 40 heteroatoms. The fourth-order valence-corrected chi connectivity index (χ4v) is 13.3. The van der Waals surface area contributed by atoms with Crippen LogP contribution in [0.15, 0.2) is 18.2 Å². The molecule has 0 aromatic heterocycles. The Morgan fingerprint density at radius 3 is 1.67 bits per heavy atom. The van der Waals surface area contributed by atoms with Crippen molar-refractivity contribution >= 4 is 94.4 Å². The molecule has 3 saturated heterocycles. The summed E-state index contributed by atoms with van der Waals surface area (Å²) in [6.45, 7) is 8.38. The van der Waals surface area contributed by atoms with Crippen LogP contribution in [-0.4, -0.2) is 287 Å². The van der Waals surface area contributed by atoms with Crippen LogP contribution in [0.25, 0.3) is 0 Å². The highest BCUT2D eigenvalue weighted by molar-refractivity contribution is 6.01. The van der Waals surface area contributed by atoms with Crippen LogP contribution in [0.1, 0.15) is 183 Å². The number of aliphatic hydroxyl groups excluding tert-OH is 7. The summed E-state index contributed by atoms with van der Waals surface area (Å²) in [5, 5.41) is 114. The monoisotopic (exact) mass is 1620 g/mol. The van der Waals surface area contributed by atoms with E-state index in [1.807, 2.05) is 0 Å². The van der Waals surface area contributed by atoms with E-state index >= 15 is 0 Å². The third-order valence-corrected chi connectivity index (χ3v) is 19.7. The van der Waals surface area contributed by atoms with Crippen LogP contribution in [0.4, 0.5) is 5.69 Å². The first kappa shape index (κ1) is 97.1. The SMILES string of the molecule is CCCCCCCCCCCCC[C@@H]1CC(=O)N[C@H]([C@@H](C)O)C(=O)N[C@H](C)C(=O)N[C@@H](Cc2ccc(O)c(NC(=O)CCN)c2)C(=O)N[C@@H](C(C)C)C(=O)N2C[C@H](O)C[C@H]2C(=O)N[C@H]([C@@H](C)O)C(=O)N[C@@H]([C@@H](C)O)C(=O)N2CC[C@H](O)[C@H]2C(=O)N[C@@H]([C@H](O)CC(N)=O)C(=O)NCC(=O)N[C@H]([C@@H](C)O)C(=O)N[C@@H](CCCN)C(=O)O1. The highest BCUT2D eigenvalue weighted by atomic mass is 16.5. The predicted octanol–water partition coefficient (Wildman–Crippen LogP) is -6.18. The van der Waals surface area contributed by atoms with Crippen molar-refractivity contribution < 1.29 is 118 Å². The zero-order valence-electron chi connectivity index (χ0n) is 66.2. The molecule has 19 atom stereocenters. The van der Waals surface area contributed by atoms with E-state index in [1.165, 1.54) is 39.0 Å². The first-order valence-corrected chi connectivity index (χ1v) is 39.1. The van der Waals surface area contributed by atoms with Gasteiger partial charge in [0.2, 0.25) is 82.7 Å². The number of nitrogens with one attached hydrogen (secondary N) is 11. The molecule has 3 fully saturated rings. The third-order valence-electron chi connectivity index (χ3n) is 19.7. The van der Waals surface area contributed by atoms with Crippen molar-refractivity contribution in [2.75, 3.05) is 38.0 Å². The van der Waals surface area contributed by atoms with Gasteiger partial charge in [-0.2, -0.15) is 0 Å². The van der Waals surface area contributed by atoms with Crippen LogP contribution in [-0.2, 0) is 83.1 Å². The van der Waals surface area contributed by atoms with Crippen molar-refractivity contribution in [3.8, 4) is 5.75 Å². The standard InChI is InChI=1S/C74H122N16O24/c1-9-10-11-12-13-14-15-16-17-18-19-21-45-33-55(101)83-58(39(5)91)68(107)79-38(4)64(103)82-48(31-43-23-24-50(96)47(30-43)80-54(100)25-28-76)65(104)85-57(37(2)3)72(111)90-36-44(95)32-49(90)66(105)86-60(41(7)93)70(109)87-61(42(8)94)73(112)89-29-26-51(97)63(89)71(110)88-62(52(98)34-53(77)99)67(106)78-35-56(102)84-59(40(6)92)69(108)81-46(22-20-27-75)74(113)114-45/h23-24,30,37-42,44-46,48-49,51-52,57-63,91-98H,9-22,25-29,31-36,75-76H2,1-8H3,(H2,77,99)(H,78,106)(H,79,107)(H,80,100)(H,81,108)(H,82,103)(H,83,101)(H,84,102)(H,85,104)(H,86,105)(H,87,109)(H,88,110)/t38-,39-,40-,41-,42-,44-,45-,46+,48+,49+,51+,52-,57+,58-,59-,60-,61+,62+,63+/m1/s1. The van der Waals surface area contributed by atoms with Crippen LogP contribution < -0.4 is 75.7 Å². The van der Waals surface area contributed by atoms with Crippen molar-refractivity contribution in [3.63, 3.8) is 0 Å². The lowest BCUT2D eigenvalue weighted by Crippen LogP contribution is -2.64. The molecule has 3 aliphatic heterocycles. The molecular formula is C74H122N16O24. The number of aromatic hydroxyl groups is 1. The molecule has 0 unspecified atom stereocenters. The zero-order valence-corrected chi connectivity index (χ0v) is 66.2. The Hall–Kier alpha value is -9.29. The minimum Gasteiger partial charge on any atom is -0.506 e. The molecule has 0 saturated carbocycles. The largest absolute Gasteiger partial charge is 0.506 e. The number of primary amides is 1. The lowest BCUT2D eigenvalue weighted by Gasteiger charge is -2.34. The molecule has 0 spiro atoms. The van der Waals surface area contributed by atoms with E-state index in [-0.39, 0.29) is 56.4 Å². The molecule has 25 N–H and O–H groups in total. The first-order valence-electron chi connectivity index (χ1n) is 39.1. The Bertz CT molecular complexity index is 3440. The number of carbonyl (C=O) groups excluding carboxylic acids is 15. The van der Waals surface area contributed by atoms with E-state index in [2.05, 4.69) is 65.4 Å². The number of hydrogen-bond acceptors (Lipinski definition) is 26. The van der Waals surface area contributed by atoms with Crippen molar-refractivity contribution in [1.29, 1.82) is 0 Å². The number of nitrogens with zero attached hydrogens (tertiary/aromatic N) is 2. The number of rotatable bonds is 28. The van der Waals surface area contributed by atoms with Gasteiger partial charge >= 0.3 is 5.97 Å². The van der Waals surface area contributed by atoms with Gasteiger partial charge < -0.3 is 131 Å². The second-order valence-corrected chi connectivity index (χ2v) is 29.9. The summed E-state index contributed by atoms with van der Waals surface area (Å²) >= 11 is 0. The minimum absolute atomic E-state index is 0.0311. The molecule has 0 aliphatic carbocycles. The summed E-state index contributed by atoms with van der Waals surface area (Å²) in [5.41, 5.74) is 16.8. The Morgan fingerprint density at radius 1 is 0.570 bits per heavy atom. The zero-order chi connectivity index (χ0) is 85.4. The van der Waals surface area contributed by atoms with Crippen molar-refractivity contribution in [2.45, 2.75) is 299 Å². The molecule has 14 amide bonds. The summed E-state index contributed by atoms with van der Waals surface area (Å²) in [6, 6.07) is -16.5. The summed E-state index contributed by atoms with van der Waals surface area (Å²) in [6.07, 6.45) is -6.81. The van der Waals surface area contributed by atoms with Crippen LogP contribution in [0.5, 0.6) is 5.75 Å². The van der Waals surface area contributed by atoms with E-state index in [0.717, 1.165) is 90.4 Å². The van der Waals surface area contributed by atoms with Gasteiger partial charge in [0.15, 0.2) is 0 Å². The highest BCUT2D eigenvalue weighted by Crippen LogP contribution is 2.28. The highest BCUT2D eigenvalue weighted by Gasteiger charge is 2.48. The van der Waals surface area contributed by atoms with Gasteiger partial charge in [0.05, 0.1) is 67.8 Å². The van der Waals surface area contributed by atoms with Crippen molar-refractivity contribution in [1.82, 2.24) is 63.0 Å². The number of cyclic esters (lactones) is 1. The van der Waals surface area contributed by atoms with Crippen LogP contribution in [0.2, 0.25) is 0 Å². The molecule has 0 radical (unpaired) electrons. The number of amides is 14. The van der Waals surface area contributed by atoms with E-state index in [1.54, 1.807) is 0 Å². The van der Waals surface area contributed by atoms with Gasteiger partial charge in [-0.05, 0) is 96.9 Å². The van der Waals surface area contributed by atoms with Gasteiger partial charge in [-0.3, -0.25) is 67.1 Å². The molecule has 3 heterocycles. The molecule has 3 aliphatic rings. The van der Waals surface area contributed by atoms with Gasteiger partial charge in [0.25, 0.3) is 0 Å². The van der Waals surface area contributed by atoms with E-state index in [0.29, 0.717) is 17.7 Å². The van der Waals surface area contributed by atoms with Gasteiger partial charge in [-0.25, -0.2) is 4.79 Å². The summed E-state index contributed by atoms with van der Waals surface area (Å²) in [7, 11) is 0. The van der Waals surface area contributed by atoms with Gasteiger partial charge in [0.1, 0.15) is 78.3 Å². The number of nitrogens with two attached hydrogens (primary N) is 3. The maximum Gasteiger partial charge on any atom is 0.328 e. The Labute approximate surface area is 662 Å². The average Bonchev–Trinajstić information content (AvgIpc) is 1.63. The molecule has 1 aromatic rings. The van der Waals surface area contributed by atoms with E-state index < -0.39 is 261 Å². The molecule has 4 rings (SSSR count). The molecular weight excluding hydrogens is 1500 g/mol. The van der Waals surface area contributed by atoms with Crippen molar-refractivity contribution in [3.05, 3.63) is 23.8 Å². The molecule has 0 bridgehead atoms. The van der Waals surface area contributed by atoms with Gasteiger partial charge in [-0.1, -0.05) is 91.0 Å². The third kappa shape index (κ3) is 30.8. The predicted molar refractivity (Wildman–Crippen MR) is 408 cm³/mol. The van der Waals surface area contributed by atoms with E-state index in [9.17, 15) is 113 Å². The molecule has 114 heavy (non-hydrogen) atoms. The number of carbonyl (C=O) groups is 15. The quantitative estimate of drug-likeness (QED) is 0.0211. The fraction of sp³-hybridized carbons (Fsp3) is 0.716. The number of aliphatic hydroxyl groups is 7. The smallest absolute Gasteiger partial charge is 0.328 e. The number of esters is 1. The Balaban J connectivity index is 1.85. The number of phenolic OH excluding ortho intramolecular Hbond substituents is 1. The summed E-state index contributed by atoms with van der Waals surface area (Å²) < 4.78 is 5.96. The molecule has 1 aromatic carbocycles. The Morgan fingerprint density at radius 2 is 1.10 bits per heavy atom. The lowest BCUT2D eigenvalue weighted by molar-refractivity contribution is -0.155.